The van der Waals surface area contributed by atoms with Gasteiger partial charge in [-0.05, 0) is 30.0 Å². The summed E-state index contributed by atoms with van der Waals surface area (Å²) in [7, 11) is 0. The minimum atomic E-state index is -0.754. The number of fused-ring (bicyclic) bond motifs is 1. The number of benzene rings is 1. The molecule has 0 spiro atoms. The lowest BCUT2D eigenvalue weighted by Crippen LogP contribution is -2.30. The Morgan fingerprint density at radius 3 is 2.68 bits per heavy atom. The second kappa shape index (κ2) is 5.99. The molecule has 1 aromatic carbocycles. The summed E-state index contributed by atoms with van der Waals surface area (Å²) in [6.45, 7) is 5.12. The molecule has 2 rings (SSSR count). The Kier molecular flexibility index (Phi) is 4.55. The van der Waals surface area contributed by atoms with Crippen molar-refractivity contribution in [2.24, 2.45) is 11.7 Å². The molecule has 0 amide bonds. The topological polar surface area (TPSA) is 64.7 Å². The quantitative estimate of drug-likeness (QED) is 0.892. The van der Waals surface area contributed by atoms with E-state index in [-0.39, 0.29) is 6.04 Å². The van der Waals surface area contributed by atoms with Crippen LogP contribution in [-0.4, -0.2) is 24.4 Å². The van der Waals surface area contributed by atoms with E-state index in [0.29, 0.717) is 41.2 Å². The van der Waals surface area contributed by atoms with Crippen LogP contribution in [0.5, 0.6) is 11.5 Å². The molecule has 1 heterocycles. The predicted molar refractivity (Wildman–Crippen MR) is 74.8 cm³/mol. The van der Waals surface area contributed by atoms with Crippen LogP contribution in [-0.2, 0) is 0 Å². The number of hydrogen-bond donors (Lipinski definition) is 2. The predicted octanol–water partition coefficient (Wildman–Crippen LogP) is 2.52. The third-order valence-corrected chi connectivity index (χ3v) is 3.39. The van der Waals surface area contributed by atoms with Gasteiger partial charge >= 0.3 is 0 Å². The van der Waals surface area contributed by atoms with Gasteiger partial charge in [0.2, 0.25) is 0 Å². The van der Waals surface area contributed by atoms with Gasteiger partial charge in [0.25, 0.3) is 0 Å². The number of aliphatic hydroxyl groups excluding tert-OH is 1. The highest BCUT2D eigenvalue weighted by Gasteiger charge is 2.23. The molecule has 4 nitrogen and oxygen atoms in total. The van der Waals surface area contributed by atoms with Gasteiger partial charge in [-0.3, -0.25) is 0 Å². The summed E-state index contributed by atoms with van der Waals surface area (Å²) in [5, 5.41) is 10.7. The Morgan fingerprint density at radius 1 is 1.32 bits per heavy atom. The molecule has 106 valence electrons. The fourth-order valence-corrected chi connectivity index (χ4v) is 2.50. The number of aliphatic hydroxyl groups is 1. The van der Waals surface area contributed by atoms with Crippen molar-refractivity contribution >= 4 is 11.6 Å². The highest BCUT2D eigenvalue weighted by Crippen LogP contribution is 2.40. The second-order valence-corrected chi connectivity index (χ2v) is 5.67. The fraction of sp³-hybridized carbons (Fsp3) is 0.571. The largest absolute Gasteiger partial charge is 0.486 e. The highest BCUT2D eigenvalue weighted by atomic mass is 35.5. The van der Waals surface area contributed by atoms with Crippen molar-refractivity contribution in [3.05, 3.63) is 22.7 Å². The van der Waals surface area contributed by atoms with Crippen LogP contribution in [0.2, 0.25) is 5.02 Å². The van der Waals surface area contributed by atoms with E-state index >= 15 is 0 Å². The normalized spacial score (nSPS) is 17.4. The van der Waals surface area contributed by atoms with Gasteiger partial charge in [-0.1, -0.05) is 25.4 Å². The molecule has 0 fully saturated rings. The first kappa shape index (κ1) is 14.4. The van der Waals surface area contributed by atoms with Crippen molar-refractivity contribution in [2.75, 3.05) is 13.2 Å². The van der Waals surface area contributed by atoms with E-state index in [4.69, 9.17) is 26.8 Å². The lowest BCUT2D eigenvalue weighted by atomic mass is 9.95. The number of ether oxygens (including phenoxy) is 2. The molecule has 2 unspecified atom stereocenters. The van der Waals surface area contributed by atoms with Crippen LogP contribution in [0.15, 0.2) is 12.1 Å². The van der Waals surface area contributed by atoms with Crippen LogP contribution in [0.3, 0.4) is 0 Å². The standard InChI is InChI=1S/C14H20ClNO3/c1-8(2)5-11(16)13(17)9-6-10(15)14-12(7-9)18-3-4-19-14/h6-8,11,13,17H,3-5,16H2,1-2H3. The maximum Gasteiger partial charge on any atom is 0.179 e. The molecule has 3 N–H and O–H groups in total. The van der Waals surface area contributed by atoms with E-state index in [1.165, 1.54) is 0 Å². The maximum absolute atomic E-state index is 10.3. The zero-order chi connectivity index (χ0) is 14.0. The lowest BCUT2D eigenvalue weighted by Gasteiger charge is -2.24. The van der Waals surface area contributed by atoms with Crippen LogP contribution < -0.4 is 15.2 Å². The molecular weight excluding hydrogens is 266 g/mol. The molecule has 0 aromatic heterocycles. The summed E-state index contributed by atoms with van der Waals surface area (Å²) >= 11 is 6.14. The van der Waals surface area contributed by atoms with Crippen molar-refractivity contribution in [2.45, 2.75) is 32.4 Å². The molecule has 1 aliphatic heterocycles. The third kappa shape index (κ3) is 3.32. The Hall–Kier alpha value is -0.970. The fourth-order valence-electron chi connectivity index (χ4n) is 2.22. The molecule has 5 heteroatoms. The van der Waals surface area contributed by atoms with Crippen LogP contribution in [0.25, 0.3) is 0 Å². The van der Waals surface area contributed by atoms with Crippen LogP contribution >= 0.6 is 11.6 Å². The molecule has 0 saturated carbocycles. The maximum atomic E-state index is 10.3. The lowest BCUT2D eigenvalue weighted by molar-refractivity contribution is 0.133. The average molecular weight is 286 g/mol. The van der Waals surface area contributed by atoms with Crippen molar-refractivity contribution in [3.8, 4) is 11.5 Å². The molecule has 2 atom stereocenters. The van der Waals surface area contributed by atoms with Crippen LogP contribution in [0.1, 0.15) is 31.9 Å². The Morgan fingerprint density at radius 2 is 2.00 bits per heavy atom. The molecule has 0 radical (unpaired) electrons. The SMILES string of the molecule is CC(C)CC(N)C(O)c1cc(Cl)c2c(c1)OCCO2. The van der Waals surface area contributed by atoms with Gasteiger partial charge in [0, 0.05) is 6.04 Å². The van der Waals surface area contributed by atoms with Crippen molar-refractivity contribution < 1.29 is 14.6 Å². The number of halogens is 1. The minimum Gasteiger partial charge on any atom is -0.486 e. The van der Waals surface area contributed by atoms with Gasteiger partial charge in [-0.15, -0.1) is 0 Å². The van der Waals surface area contributed by atoms with Gasteiger partial charge in [0.05, 0.1) is 11.1 Å². The van der Waals surface area contributed by atoms with E-state index < -0.39 is 6.10 Å². The number of hydrogen-bond acceptors (Lipinski definition) is 4. The van der Waals surface area contributed by atoms with E-state index in [1.807, 2.05) is 0 Å². The van der Waals surface area contributed by atoms with Crippen LogP contribution in [0.4, 0.5) is 0 Å². The van der Waals surface area contributed by atoms with Crippen molar-refractivity contribution in [1.29, 1.82) is 0 Å². The molecule has 19 heavy (non-hydrogen) atoms. The van der Waals surface area contributed by atoms with Gasteiger partial charge in [-0.2, -0.15) is 0 Å². The highest BCUT2D eigenvalue weighted by molar-refractivity contribution is 6.32. The Balaban J connectivity index is 2.22. The van der Waals surface area contributed by atoms with Gasteiger partial charge in [0.15, 0.2) is 11.5 Å². The average Bonchev–Trinajstić information content (AvgIpc) is 2.37. The summed E-state index contributed by atoms with van der Waals surface area (Å²) in [6, 6.07) is 3.13. The summed E-state index contributed by atoms with van der Waals surface area (Å²) in [5.74, 6) is 1.54. The summed E-state index contributed by atoms with van der Waals surface area (Å²) in [6.07, 6.45) is -0.0107. The van der Waals surface area contributed by atoms with E-state index in [9.17, 15) is 5.11 Å². The number of nitrogens with two attached hydrogens (primary N) is 1. The van der Waals surface area contributed by atoms with E-state index in [1.54, 1.807) is 12.1 Å². The van der Waals surface area contributed by atoms with Gasteiger partial charge in [0.1, 0.15) is 13.2 Å². The summed E-state index contributed by atoms with van der Waals surface area (Å²) < 4.78 is 10.9. The smallest absolute Gasteiger partial charge is 0.179 e. The molecule has 0 saturated heterocycles. The summed E-state index contributed by atoms with van der Waals surface area (Å²) in [4.78, 5) is 0. The molecule has 1 aromatic rings. The third-order valence-electron chi connectivity index (χ3n) is 3.11. The van der Waals surface area contributed by atoms with Crippen LogP contribution in [0, 0.1) is 5.92 Å². The van der Waals surface area contributed by atoms with Crippen molar-refractivity contribution in [3.63, 3.8) is 0 Å². The monoisotopic (exact) mass is 285 g/mol. The molecular formula is C14H20ClNO3. The first-order valence-corrected chi connectivity index (χ1v) is 6.89. The zero-order valence-corrected chi connectivity index (χ0v) is 12.0. The van der Waals surface area contributed by atoms with E-state index in [0.717, 1.165) is 6.42 Å². The zero-order valence-electron chi connectivity index (χ0n) is 11.2. The first-order chi connectivity index (χ1) is 8.99. The second-order valence-electron chi connectivity index (χ2n) is 5.27. The van der Waals surface area contributed by atoms with Crippen molar-refractivity contribution in [1.82, 2.24) is 0 Å². The molecule has 0 bridgehead atoms. The van der Waals surface area contributed by atoms with E-state index in [2.05, 4.69) is 13.8 Å². The van der Waals surface area contributed by atoms with Gasteiger partial charge < -0.3 is 20.3 Å². The minimum absolute atomic E-state index is 0.321. The van der Waals surface area contributed by atoms with Gasteiger partial charge in [-0.25, -0.2) is 0 Å². The molecule has 0 aliphatic carbocycles. The molecule has 1 aliphatic rings. The Labute approximate surface area is 118 Å². The number of rotatable bonds is 4. The first-order valence-electron chi connectivity index (χ1n) is 6.51. The summed E-state index contributed by atoms with van der Waals surface area (Å²) in [5.41, 5.74) is 6.68. The Bertz CT molecular complexity index is 451.